The lowest BCUT2D eigenvalue weighted by Gasteiger charge is -2.16. The molecule has 1 aromatic heterocycles. The van der Waals surface area contributed by atoms with Gasteiger partial charge in [-0.05, 0) is 48.0 Å². The molecule has 3 rings (SSSR count). The summed E-state index contributed by atoms with van der Waals surface area (Å²) >= 11 is 6.05. The Morgan fingerprint density at radius 2 is 1.80 bits per heavy atom. The molecule has 1 amide bonds. The fourth-order valence-electron chi connectivity index (χ4n) is 2.58. The van der Waals surface area contributed by atoms with Crippen molar-refractivity contribution >= 4 is 23.6 Å². The van der Waals surface area contributed by atoms with E-state index in [1.165, 1.54) is 0 Å². The molecule has 5 nitrogen and oxygen atoms in total. The molecular weight excluding hydrogens is 400 g/mol. The number of likely N-dealkylation sites (N-methyl/N-ethyl adjacent to an activating group) is 1. The Morgan fingerprint density at radius 1 is 1.03 bits per heavy atom. The van der Waals surface area contributed by atoms with E-state index < -0.39 is 0 Å². The topological polar surface area (TPSA) is 51.7 Å². The summed E-state index contributed by atoms with van der Waals surface area (Å²) in [5.41, 5.74) is 1.78. The molecule has 0 bridgehead atoms. The second-order valence-electron chi connectivity index (χ2n) is 6.55. The van der Waals surface area contributed by atoms with Crippen molar-refractivity contribution in [2.75, 3.05) is 20.2 Å². The third-order valence-corrected chi connectivity index (χ3v) is 4.62. The maximum atomic E-state index is 12.3. The lowest BCUT2D eigenvalue weighted by molar-refractivity contribution is -0.125. The average molecular weight is 423 g/mol. The molecule has 0 atom stereocenters. The number of carbonyl (C=O) groups excluding carboxylic acids is 1. The van der Waals surface area contributed by atoms with Crippen LogP contribution in [0.5, 0.6) is 11.5 Å². The molecule has 0 radical (unpaired) electrons. The molecule has 0 unspecified atom stereocenters. The van der Waals surface area contributed by atoms with Crippen LogP contribution in [0.1, 0.15) is 11.3 Å². The van der Waals surface area contributed by atoms with Gasteiger partial charge in [-0.1, -0.05) is 41.9 Å². The summed E-state index contributed by atoms with van der Waals surface area (Å²) < 4.78 is 11.3. The lowest BCUT2D eigenvalue weighted by atomic mass is 10.2. The number of carbonyl (C=O) groups is 1. The van der Waals surface area contributed by atoms with Crippen LogP contribution in [-0.2, 0) is 11.4 Å². The van der Waals surface area contributed by atoms with Crippen LogP contribution in [0.3, 0.4) is 0 Å². The molecule has 0 saturated heterocycles. The summed E-state index contributed by atoms with van der Waals surface area (Å²) in [4.78, 5) is 18.1. The number of nitrogens with zero attached hydrogens (tertiary/aromatic N) is 2. The number of aromatic nitrogens is 1. The number of pyridine rings is 1. The van der Waals surface area contributed by atoms with Crippen molar-refractivity contribution in [2.45, 2.75) is 6.61 Å². The second kappa shape index (κ2) is 11.0. The first-order valence-electron chi connectivity index (χ1n) is 9.55. The van der Waals surface area contributed by atoms with Crippen molar-refractivity contribution in [3.8, 4) is 11.5 Å². The maximum Gasteiger partial charge on any atom is 0.246 e. The van der Waals surface area contributed by atoms with Gasteiger partial charge in [-0.2, -0.15) is 0 Å². The molecule has 154 valence electrons. The first-order chi connectivity index (χ1) is 14.6. The molecule has 0 fully saturated rings. The van der Waals surface area contributed by atoms with Gasteiger partial charge in [0.05, 0.1) is 17.3 Å². The summed E-state index contributed by atoms with van der Waals surface area (Å²) in [5, 5.41) is 0.554. The second-order valence-corrected chi connectivity index (χ2v) is 6.96. The van der Waals surface area contributed by atoms with Gasteiger partial charge in [0.25, 0.3) is 0 Å². The van der Waals surface area contributed by atoms with Crippen LogP contribution in [0.4, 0.5) is 0 Å². The monoisotopic (exact) mass is 422 g/mol. The van der Waals surface area contributed by atoms with E-state index in [4.69, 9.17) is 21.1 Å². The minimum absolute atomic E-state index is 0.103. The van der Waals surface area contributed by atoms with E-state index >= 15 is 0 Å². The van der Waals surface area contributed by atoms with E-state index in [0.29, 0.717) is 30.5 Å². The van der Waals surface area contributed by atoms with Crippen LogP contribution in [0.15, 0.2) is 79.0 Å². The van der Waals surface area contributed by atoms with Crippen LogP contribution >= 0.6 is 11.6 Å². The van der Waals surface area contributed by atoms with Crippen LogP contribution in [-0.4, -0.2) is 36.0 Å². The first kappa shape index (κ1) is 21.4. The summed E-state index contributed by atoms with van der Waals surface area (Å²) in [7, 11) is 1.73. The number of ether oxygens (including phenoxy) is 2. The van der Waals surface area contributed by atoms with Gasteiger partial charge in [0.1, 0.15) is 24.7 Å². The Morgan fingerprint density at radius 3 is 2.53 bits per heavy atom. The van der Waals surface area contributed by atoms with Gasteiger partial charge in [-0.15, -0.1) is 0 Å². The highest BCUT2D eigenvalue weighted by Gasteiger charge is 2.06. The third-order valence-electron chi connectivity index (χ3n) is 4.31. The van der Waals surface area contributed by atoms with Crippen LogP contribution in [0, 0.1) is 0 Å². The molecule has 0 spiro atoms. The molecule has 0 aliphatic heterocycles. The normalized spacial score (nSPS) is 10.7. The number of hydrogen-bond donors (Lipinski definition) is 0. The standard InChI is InChI=1S/C24H23ClN2O3/c1-27(16-17-29-23-8-3-2-7-22(23)25)24(28)14-11-19-9-12-21(13-10-19)30-18-20-6-4-5-15-26-20/h2-15H,16-18H2,1H3/b14-11+. The van der Waals surface area contributed by atoms with Gasteiger partial charge in [0.2, 0.25) is 5.91 Å². The molecule has 0 aliphatic carbocycles. The van der Waals surface area contributed by atoms with Gasteiger partial charge in [-0.3, -0.25) is 9.78 Å². The molecule has 1 heterocycles. The van der Waals surface area contributed by atoms with Crippen LogP contribution in [0.2, 0.25) is 5.02 Å². The lowest BCUT2D eigenvalue weighted by Crippen LogP contribution is -2.29. The highest BCUT2D eigenvalue weighted by atomic mass is 35.5. The Balaban J connectivity index is 1.43. The van der Waals surface area contributed by atoms with Crippen molar-refractivity contribution in [2.24, 2.45) is 0 Å². The predicted octanol–water partition coefficient (Wildman–Crippen LogP) is 4.86. The van der Waals surface area contributed by atoms with Crippen molar-refractivity contribution in [3.05, 3.63) is 95.3 Å². The Hall–Kier alpha value is -3.31. The van der Waals surface area contributed by atoms with Gasteiger partial charge in [0, 0.05) is 19.3 Å². The predicted molar refractivity (Wildman–Crippen MR) is 119 cm³/mol. The van der Waals surface area contributed by atoms with Crippen molar-refractivity contribution in [1.29, 1.82) is 0 Å². The third kappa shape index (κ3) is 6.64. The summed E-state index contributed by atoms with van der Waals surface area (Å²) in [6.45, 7) is 1.23. The number of halogens is 1. The van der Waals surface area contributed by atoms with Gasteiger partial charge >= 0.3 is 0 Å². The van der Waals surface area contributed by atoms with E-state index in [1.54, 1.807) is 42.4 Å². The highest BCUT2D eigenvalue weighted by molar-refractivity contribution is 6.32. The van der Waals surface area contributed by atoms with Crippen LogP contribution in [0.25, 0.3) is 6.08 Å². The molecular formula is C24H23ClN2O3. The van der Waals surface area contributed by atoms with Crippen molar-refractivity contribution in [3.63, 3.8) is 0 Å². The Labute approximate surface area is 181 Å². The minimum Gasteiger partial charge on any atom is -0.490 e. The summed E-state index contributed by atoms with van der Waals surface area (Å²) in [5.74, 6) is 1.26. The Kier molecular flexibility index (Phi) is 7.86. The zero-order valence-electron chi connectivity index (χ0n) is 16.7. The SMILES string of the molecule is CN(CCOc1ccccc1Cl)C(=O)/C=C/c1ccc(OCc2ccccn2)cc1. The van der Waals surface area contributed by atoms with Crippen LogP contribution < -0.4 is 9.47 Å². The summed E-state index contributed by atoms with van der Waals surface area (Å²) in [6.07, 6.45) is 5.05. The fraction of sp³-hybridized carbons (Fsp3) is 0.167. The quantitative estimate of drug-likeness (QED) is 0.462. The highest BCUT2D eigenvalue weighted by Crippen LogP contribution is 2.22. The number of amides is 1. The number of hydrogen-bond acceptors (Lipinski definition) is 4. The first-order valence-corrected chi connectivity index (χ1v) is 9.93. The van der Waals surface area contributed by atoms with Gasteiger partial charge < -0.3 is 14.4 Å². The molecule has 0 aliphatic rings. The maximum absolute atomic E-state index is 12.3. The smallest absolute Gasteiger partial charge is 0.246 e. The van der Waals surface area contributed by atoms with E-state index in [9.17, 15) is 4.79 Å². The number of para-hydroxylation sites is 1. The molecule has 2 aromatic carbocycles. The van der Waals surface area contributed by atoms with E-state index in [1.807, 2.05) is 54.6 Å². The molecule has 0 N–H and O–H groups in total. The summed E-state index contributed by atoms with van der Waals surface area (Å²) in [6, 6.07) is 20.5. The minimum atomic E-state index is -0.103. The largest absolute Gasteiger partial charge is 0.490 e. The van der Waals surface area contributed by atoms with E-state index in [0.717, 1.165) is 17.0 Å². The molecule has 3 aromatic rings. The Bertz CT molecular complexity index is 975. The van der Waals surface area contributed by atoms with Crippen molar-refractivity contribution in [1.82, 2.24) is 9.88 Å². The number of rotatable bonds is 9. The molecule has 30 heavy (non-hydrogen) atoms. The zero-order chi connectivity index (χ0) is 21.2. The average Bonchev–Trinajstić information content (AvgIpc) is 2.78. The van der Waals surface area contributed by atoms with Crippen molar-refractivity contribution < 1.29 is 14.3 Å². The van der Waals surface area contributed by atoms with E-state index in [-0.39, 0.29) is 5.91 Å². The fourth-order valence-corrected chi connectivity index (χ4v) is 2.77. The van der Waals surface area contributed by atoms with E-state index in [2.05, 4.69) is 4.98 Å². The van der Waals surface area contributed by atoms with Gasteiger partial charge in [-0.25, -0.2) is 0 Å². The van der Waals surface area contributed by atoms with Gasteiger partial charge in [0.15, 0.2) is 0 Å². The zero-order valence-corrected chi connectivity index (χ0v) is 17.5. The number of benzene rings is 2. The molecule has 6 heteroatoms. The molecule has 0 saturated carbocycles.